The van der Waals surface area contributed by atoms with Crippen molar-refractivity contribution in [3.05, 3.63) is 59.9 Å². The largest absolute Gasteiger partial charge is 0.326 e. The summed E-state index contributed by atoms with van der Waals surface area (Å²) in [5.74, 6) is -0.390. The van der Waals surface area contributed by atoms with Crippen LogP contribution in [0.2, 0.25) is 0 Å². The van der Waals surface area contributed by atoms with E-state index in [-0.39, 0.29) is 24.1 Å². The second kappa shape index (κ2) is 6.60. The van der Waals surface area contributed by atoms with E-state index in [2.05, 4.69) is 5.32 Å². The molecule has 2 aromatic rings. The SMILES string of the molecule is O=C(Cc1ccc(F)cc1)Nc1cccc(N2CCCC2=O)c1. The monoisotopic (exact) mass is 312 g/mol. The van der Waals surface area contributed by atoms with Gasteiger partial charge in [0.1, 0.15) is 5.82 Å². The van der Waals surface area contributed by atoms with Crippen LogP contribution in [0, 0.1) is 5.82 Å². The number of hydrogen-bond donors (Lipinski definition) is 1. The van der Waals surface area contributed by atoms with Gasteiger partial charge in [0.25, 0.3) is 0 Å². The molecule has 118 valence electrons. The van der Waals surface area contributed by atoms with Crippen molar-refractivity contribution in [1.82, 2.24) is 0 Å². The van der Waals surface area contributed by atoms with E-state index in [1.54, 1.807) is 29.2 Å². The Hall–Kier alpha value is -2.69. The summed E-state index contributed by atoms with van der Waals surface area (Å²) >= 11 is 0. The zero-order valence-corrected chi connectivity index (χ0v) is 12.6. The summed E-state index contributed by atoms with van der Waals surface area (Å²) in [5, 5.41) is 2.81. The highest BCUT2D eigenvalue weighted by molar-refractivity contribution is 5.97. The fourth-order valence-electron chi connectivity index (χ4n) is 2.67. The van der Waals surface area contributed by atoms with Crippen LogP contribution in [-0.4, -0.2) is 18.4 Å². The minimum atomic E-state index is -0.322. The fourth-order valence-corrected chi connectivity index (χ4v) is 2.67. The van der Waals surface area contributed by atoms with Gasteiger partial charge in [-0.05, 0) is 42.3 Å². The Balaban J connectivity index is 1.66. The van der Waals surface area contributed by atoms with Gasteiger partial charge < -0.3 is 10.2 Å². The number of amides is 2. The predicted octanol–water partition coefficient (Wildman–Crippen LogP) is 3.13. The molecule has 23 heavy (non-hydrogen) atoms. The number of anilines is 2. The van der Waals surface area contributed by atoms with Crippen LogP contribution in [0.4, 0.5) is 15.8 Å². The third-order valence-corrected chi connectivity index (χ3v) is 3.79. The molecule has 0 aromatic heterocycles. The minimum Gasteiger partial charge on any atom is -0.326 e. The van der Waals surface area contributed by atoms with Gasteiger partial charge in [-0.1, -0.05) is 18.2 Å². The highest BCUT2D eigenvalue weighted by Gasteiger charge is 2.21. The van der Waals surface area contributed by atoms with Crippen molar-refractivity contribution in [2.45, 2.75) is 19.3 Å². The Morgan fingerprint density at radius 3 is 2.65 bits per heavy atom. The first-order valence-corrected chi connectivity index (χ1v) is 7.56. The molecule has 0 saturated carbocycles. The second-order valence-corrected chi connectivity index (χ2v) is 5.55. The lowest BCUT2D eigenvalue weighted by molar-refractivity contribution is -0.117. The van der Waals surface area contributed by atoms with E-state index >= 15 is 0 Å². The fraction of sp³-hybridized carbons (Fsp3) is 0.222. The van der Waals surface area contributed by atoms with Crippen molar-refractivity contribution in [3.63, 3.8) is 0 Å². The van der Waals surface area contributed by atoms with Crippen molar-refractivity contribution in [2.24, 2.45) is 0 Å². The molecule has 1 aliphatic heterocycles. The van der Waals surface area contributed by atoms with Crippen molar-refractivity contribution in [1.29, 1.82) is 0 Å². The zero-order valence-electron chi connectivity index (χ0n) is 12.6. The molecule has 0 spiro atoms. The Morgan fingerprint density at radius 1 is 1.17 bits per heavy atom. The molecule has 2 amide bonds. The van der Waals surface area contributed by atoms with Gasteiger partial charge in [0.2, 0.25) is 11.8 Å². The van der Waals surface area contributed by atoms with Crippen LogP contribution in [0.15, 0.2) is 48.5 Å². The predicted molar refractivity (Wildman–Crippen MR) is 86.8 cm³/mol. The number of nitrogens with one attached hydrogen (secondary N) is 1. The maximum atomic E-state index is 12.9. The molecule has 0 atom stereocenters. The lowest BCUT2D eigenvalue weighted by atomic mass is 10.1. The molecular weight excluding hydrogens is 295 g/mol. The summed E-state index contributed by atoms with van der Waals surface area (Å²) in [6.07, 6.45) is 1.61. The van der Waals surface area contributed by atoms with E-state index in [9.17, 15) is 14.0 Å². The first-order valence-electron chi connectivity index (χ1n) is 7.56. The molecular formula is C18H17FN2O2. The van der Waals surface area contributed by atoms with Crippen LogP contribution < -0.4 is 10.2 Å². The van der Waals surface area contributed by atoms with Crippen LogP contribution in [-0.2, 0) is 16.0 Å². The maximum Gasteiger partial charge on any atom is 0.228 e. The molecule has 1 saturated heterocycles. The second-order valence-electron chi connectivity index (χ2n) is 5.55. The number of hydrogen-bond acceptors (Lipinski definition) is 2. The molecule has 2 aromatic carbocycles. The Kier molecular flexibility index (Phi) is 4.37. The summed E-state index contributed by atoms with van der Waals surface area (Å²) in [5.41, 5.74) is 2.19. The Bertz CT molecular complexity index is 728. The van der Waals surface area contributed by atoms with Gasteiger partial charge in [-0.2, -0.15) is 0 Å². The van der Waals surface area contributed by atoms with Gasteiger partial charge in [0.15, 0.2) is 0 Å². The Morgan fingerprint density at radius 2 is 1.96 bits per heavy atom. The number of rotatable bonds is 4. The molecule has 0 radical (unpaired) electrons. The highest BCUT2D eigenvalue weighted by atomic mass is 19.1. The molecule has 1 aliphatic rings. The number of halogens is 1. The van der Waals surface area contributed by atoms with Crippen molar-refractivity contribution in [3.8, 4) is 0 Å². The minimum absolute atomic E-state index is 0.111. The number of carbonyl (C=O) groups is 2. The molecule has 0 unspecified atom stereocenters. The van der Waals surface area contributed by atoms with Crippen LogP contribution >= 0.6 is 0 Å². The summed E-state index contributed by atoms with van der Waals surface area (Å²) in [4.78, 5) is 25.6. The highest BCUT2D eigenvalue weighted by Crippen LogP contribution is 2.24. The average molecular weight is 312 g/mol. The van der Waals surface area contributed by atoms with E-state index in [0.29, 0.717) is 18.7 Å². The third kappa shape index (κ3) is 3.74. The van der Waals surface area contributed by atoms with Crippen molar-refractivity contribution >= 4 is 23.2 Å². The van der Waals surface area contributed by atoms with Gasteiger partial charge in [0.05, 0.1) is 6.42 Å². The average Bonchev–Trinajstić information content (AvgIpc) is 2.96. The summed E-state index contributed by atoms with van der Waals surface area (Å²) in [6, 6.07) is 13.1. The molecule has 5 heteroatoms. The quantitative estimate of drug-likeness (QED) is 0.943. The molecule has 1 fully saturated rings. The number of carbonyl (C=O) groups excluding carboxylic acids is 2. The van der Waals surface area contributed by atoms with Crippen LogP contribution in [0.1, 0.15) is 18.4 Å². The summed E-state index contributed by atoms with van der Waals surface area (Å²) in [6.45, 7) is 0.714. The van der Waals surface area contributed by atoms with E-state index in [1.807, 2.05) is 12.1 Å². The summed E-state index contributed by atoms with van der Waals surface area (Å²) < 4.78 is 12.9. The molecule has 1 N–H and O–H groups in total. The van der Waals surface area contributed by atoms with Crippen LogP contribution in [0.5, 0.6) is 0 Å². The number of benzene rings is 2. The molecule has 4 nitrogen and oxygen atoms in total. The van der Waals surface area contributed by atoms with Gasteiger partial charge in [-0.15, -0.1) is 0 Å². The first-order chi connectivity index (χ1) is 11.1. The maximum absolute atomic E-state index is 12.9. The molecule has 3 rings (SSSR count). The van der Waals surface area contributed by atoms with Crippen molar-refractivity contribution in [2.75, 3.05) is 16.8 Å². The van der Waals surface area contributed by atoms with Gasteiger partial charge in [-0.3, -0.25) is 9.59 Å². The van der Waals surface area contributed by atoms with Gasteiger partial charge >= 0.3 is 0 Å². The van der Waals surface area contributed by atoms with Crippen LogP contribution in [0.3, 0.4) is 0 Å². The van der Waals surface area contributed by atoms with E-state index in [1.165, 1.54) is 12.1 Å². The first kappa shape index (κ1) is 15.2. The third-order valence-electron chi connectivity index (χ3n) is 3.79. The van der Waals surface area contributed by atoms with Crippen molar-refractivity contribution < 1.29 is 14.0 Å². The smallest absolute Gasteiger partial charge is 0.228 e. The zero-order chi connectivity index (χ0) is 16.2. The van der Waals surface area contributed by atoms with Crippen LogP contribution in [0.25, 0.3) is 0 Å². The molecule has 1 heterocycles. The Labute approximate surface area is 133 Å². The van der Waals surface area contributed by atoms with E-state index in [0.717, 1.165) is 17.7 Å². The lowest BCUT2D eigenvalue weighted by Crippen LogP contribution is -2.23. The standard InChI is InChI=1S/C18H17FN2O2/c19-14-8-6-13(7-9-14)11-17(22)20-15-3-1-4-16(12-15)21-10-2-5-18(21)23/h1,3-4,6-9,12H,2,5,10-11H2,(H,20,22). The van der Waals surface area contributed by atoms with Gasteiger partial charge in [-0.25, -0.2) is 4.39 Å². The van der Waals surface area contributed by atoms with E-state index in [4.69, 9.17) is 0 Å². The lowest BCUT2D eigenvalue weighted by Gasteiger charge is -2.16. The number of nitrogens with zero attached hydrogens (tertiary/aromatic N) is 1. The summed E-state index contributed by atoms with van der Waals surface area (Å²) in [7, 11) is 0. The molecule has 0 aliphatic carbocycles. The van der Waals surface area contributed by atoms with E-state index < -0.39 is 0 Å². The molecule has 0 bridgehead atoms. The normalized spacial score (nSPS) is 14.1. The topological polar surface area (TPSA) is 49.4 Å². The van der Waals surface area contributed by atoms with Gasteiger partial charge in [0, 0.05) is 24.3 Å².